The molecule has 6 heteroatoms. The van der Waals surface area contributed by atoms with Crippen LogP contribution in [0.25, 0.3) is 16.3 Å². The highest BCUT2D eigenvalue weighted by Crippen LogP contribution is 2.22. The van der Waals surface area contributed by atoms with Crippen LogP contribution in [-0.2, 0) is 6.42 Å². The van der Waals surface area contributed by atoms with E-state index in [1.165, 1.54) is 12.8 Å². The first-order valence-electron chi connectivity index (χ1n) is 6.90. The Balaban J connectivity index is 1.58. The first kappa shape index (κ1) is 12.0. The highest BCUT2D eigenvalue weighted by molar-refractivity contribution is 7.16. The molecule has 20 heavy (non-hydrogen) atoms. The van der Waals surface area contributed by atoms with Gasteiger partial charge in [0.05, 0.1) is 0 Å². The minimum absolute atomic E-state index is 0.751. The minimum atomic E-state index is 0.751. The predicted molar refractivity (Wildman–Crippen MR) is 78.8 cm³/mol. The largest absolute Gasteiger partial charge is 0.314 e. The highest BCUT2D eigenvalue weighted by atomic mass is 32.1. The lowest BCUT2D eigenvalue weighted by Gasteiger charge is -1.98. The van der Waals surface area contributed by atoms with E-state index in [0.29, 0.717) is 0 Å². The number of benzene rings is 1. The van der Waals surface area contributed by atoms with Crippen LogP contribution >= 0.6 is 11.3 Å². The zero-order chi connectivity index (χ0) is 13.4. The zero-order valence-corrected chi connectivity index (χ0v) is 11.8. The van der Waals surface area contributed by atoms with E-state index >= 15 is 0 Å². The fourth-order valence-electron chi connectivity index (χ4n) is 2.20. The molecule has 0 unspecified atom stereocenters. The van der Waals surface area contributed by atoms with E-state index in [1.807, 2.05) is 34.8 Å². The molecule has 2 heterocycles. The Labute approximate surface area is 120 Å². The van der Waals surface area contributed by atoms with E-state index in [0.717, 1.165) is 40.4 Å². The molecule has 1 aromatic carbocycles. The van der Waals surface area contributed by atoms with Crippen LogP contribution < -0.4 is 5.32 Å². The van der Waals surface area contributed by atoms with Gasteiger partial charge in [0.15, 0.2) is 5.82 Å². The van der Waals surface area contributed by atoms with Gasteiger partial charge < -0.3 is 5.32 Å². The number of hydrogen-bond acceptors (Lipinski definition) is 5. The fraction of sp³-hybridized carbons (Fsp3) is 0.357. The van der Waals surface area contributed by atoms with Crippen LogP contribution in [0.1, 0.15) is 17.8 Å². The molecule has 0 spiro atoms. The van der Waals surface area contributed by atoms with Gasteiger partial charge in [-0.3, -0.25) is 0 Å². The molecule has 1 aliphatic carbocycles. The molecule has 2 aromatic heterocycles. The minimum Gasteiger partial charge on any atom is -0.314 e. The lowest BCUT2D eigenvalue weighted by atomic mass is 10.2. The van der Waals surface area contributed by atoms with E-state index in [1.54, 1.807) is 11.3 Å². The van der Waals surface area contributed by atoms with Gasteiger partial charge in [0.25, 0.3) is 0 Å². The van der Waals surface area contributed by atoms with Crippen LogP contribution in [0.4, 0.5) is 0 Å². The first-order valence-corrected chi connectivity index (χ1v) is 7.72. The predicted octanol–water partition coefficient (Wildman–Crippen LogP) is 2.15. The van der Waals surface area contributed by atoms with Gasteiger partial charge in [0.2, 0.25) is 4.96 Å². The summed E-state index contributed by atoms with van der Waals surface area (Å²) in [5.74, 6) is 0.818. The smallest absolute Gasteiger partial charge is 0.234 e. The Bertz CT molecular complexity index is 714. The summed E-state index contributed by atoms with van der Waals surface area (Å²) in [4.78, 5) is 0.866. The number of fused-ring (bicyclic) bond motifs is 1. The van der Waals surface area contributed by atoms with Crippen molar-refractivity contribution in [3.05, 3.63) is 35.3 Å². The Morgan fingerprint density at radius 1 is 1.20 bits per heavy atom. The Morgan fingerprint density at radius 3 is 2.85 bits per heavy atom. The number of hydrogen-bond donors (Lipinski definition) is 1. The lowest BCUT2D eigenvalue weighted by molar-refractivity contribution is 0.675. The molecular weight excluding hydrogens is 270 g/mol. The third-order valence-electron chi connectivity index (χ3n) is 3.41. The molecular formula is C14H15N5S. The number of aromatic nitrogens is 4. The summed E-state index contributed by atoms with van der Waals surface area (Å²) in [6.45, 7) is 0.995. The molecule has 0 aliphatic heterocycles. The van der Waals surface area contributed by atoms with E-state index in [-0.39, 0.29) is 0 Å². The van der Waals surface area contributed by atoms with Gasteiger partial charge in [-0.15, -0.1) is 10.2 Å². The molecule has 5 nitrogen and oxygen atoms in total. The lowest BCUT2D eigenvalue weighted by Crippen LogP contribution is -2.19. The van der Waals surface area contributed by atoms with Gasteiger partial charge in [-0.25, -0.2) is 0 Å². The average Bonchev–Trinajstić information content (AvgIpc) is 3.08. The maximum atomic E-state index is 4.64. The third-order valence-corrected chi connectivity index (χ3v) is 4.37. The van der Waals surface area contributed by atoms with Gasteiger partial charge in [0.1, 0.15) is 5.01 Å². The summed E-state index contributed by atoms with van der Waals surface area (Å²) >= 11 is 1.62. The molecule has 0 bridgehead atoms. The molecule has 0 atom stereocenters. The van der Waals surface area contributed by atoms with Crippen molar-refractivity contribution in [1.29, 1.82) is 0 Å². The van der Waals surface area contributed by atoms with Crippen molar-refractivity contribution >= 4 is 16.3 Å². The van der Waals surface area contributed by atoms with Gasteiger partial charge in [-0.05, 0) is 12.8 Å². The van der Waals surface area contributed by atoms with Crippen molar-refractivity contribution in [2.45, 2.75) is 25.3 Å². The van der Waals surface area contributed by atoms with E-state index in [9.17, 15) is 0 Å². The van der Waals surface area contributed by atoms with Crippen LogP contribution in [0.2, 0.25) is 0 Å². The summed E-state index contributed by atoms with van der Waals surface area (Å²) in [5, 5.41) is 17.7. The van der Waals surface area contributed by atoms with Crippen molar-refractivity contribution in [2.24, 2.45) is 0 Å². The van der Waals surface area contributed by atoms with Gasteiger partial charge >= 0.3 is 0 Å². The van der Waals surface area contributed by atoms with Crippen LogP contribution in [0.5, 0.6) is 0 Å². The first-order chi connectivity index (χ1) is 9.90. The summed E-state index contributed by atoms with van der Waals surface area (Å²) in [5.41, 5.74) is 1.05. The average molecular weight is 285 g/mol. The molecule has 0 saturated heterocycles. The van der Waals surface area contributed by atoms with Crippen LogP contribution in [0.3, 0.4) is 0 Å². The molecule has 0 radical (unpaired) electrons. The normalized spacial score (nSPS) is 15.0. The molecule has 1 saturated carbocycles. The molecule has 1 N–H and O–H groups in total. The second-order valence-corrected chi connectivity index (χ2v) is 6.10. The Kier molecular flexibility index (Phi) is 2.97. The van der Waals surface area contributed by atoms with Crippen molar-refractivity contribution in [3.63, 3.8) is 0 Å². The van der Waals surface area contributed by atoms with Crippen molar-refractivity contribution in [3.8, 4) is 11.4 Å². The molecule has 1 aliphatic rings. The van der Waals surface area contributed by atoms with Crippen LogP contribution in [0.15, 0.2) is 30.3 Å². The van der Waals surface area contributed by atoms with E-state index < -0.39 is 0 Å². The Hall–Kier alpha value is -1.79. The van der Waals surface area contributed by atoms with Gasteiger partial charge in [-0.2, -0.15) is 9.61 Å². The summed E-state index contributed by atoms with van der Waals surface area (Å²) in [6, 6.07) is 10.8. The van der Waals surface area contributed by atoms with Crippen molar-refractivity contribution in [1.82, 2.24) is 25.1 Å². The Morgan fingerprint density at radius 2 is 2.05 bits per heavy atom. The SMILES string of the molecule is c1ccc(-c2nnc3sc(CCNC4CC4)nn23)cc1. The van der Waals surface area contributed by atoms with E-state index in [2.05, 4.69) is 20.6 Å². The van der Waals surface area contributed by atoms with Gasteiger partial charge in [-0.1, -0.05) is 41.7 Å². The monoisotopic (exact) mass is 285 g/mol. The third kappa shape index (κ3) is 2.32. The van der Waals surface area contributed by atoms with Crippen molar-refractivity contribution in [2.75, 3.05) is 6.54 Å². The number of rotatable bonds is 5. The molecule has 3 aromatic rings. The second-order valence-electron chi connectivity index (χ2n) is 5.06. The molecule has 4 rings (SSSR count). The zero-order valence-electron chi connectivity index (χ0n) is 11.0. The standard InChI is InChI=1S/C14H15N5S/c1-2-4-10(5-3-1)13-16-17-14-19(13)18-12(20-14)8-9-15-11-6-7-11/h1-5,11,15H,6-9H2. The molecule has 0 amide bonds. The number of nitrogens with one attached hydrogen (secondary N) is 1. The maximum absolute atomic E-state index is 4.64. The quantitative estimate of drug-likeness (QED) is 0.780. The number of nitrogens with zero attached hydrogens (tertiary/aromatic N) is 4. The van der Waals surface area contributed by atoms with Crippen LogP contribution in [0, 0.1) is 0 Å². The second kappa shape index (κ2) is 4.96. The maximum Gasteiger partial charge on any atom is 0.234 e. The van der Waals surface area contributed by atoms with E-state index in [4.69, 9.17) is 0 Å². The molecule has 1 fully saturated rings. The highest BCUT2D eigenvalue weighted by Gasteiger charge is 2.20. The summed E-state index contributed by atoms with van der Waals surface area (Å²) < 4.78 is 1.85. The van der Waals surface area contributed by atoms with Crippen molar-refractivity contribution < 1.29 is 0 Å². The van der Waals surface area contributed by atoms with Gasteiger partial charge in [0, 0.05) is 24.6 Å². The molecule has 102 valence electrons. The summed E-state index contributed by atoms with van der Waals surface area (Å²) in [6.07, 6.45) is 3.60. The van der Waals surface area contributed by atoms with Crippen LogP contribution in [-0.4, -0.2) is 32.4 Å². The summed E-state index contributed by atoms with van der Waals surface area (Å²) in [7, 11) is 0. The topological polar surface area (TPSA) is 55.1 Å². The fourth-order valence-corrected chi connectivity index (χ4v) is 3.03.